The fourth-order valence-corrected chi connectivity index (χ4v) is 2.93. The lowest BCUT2D eigenvalue weighted by Gasteiger charge is -2.08. The molecule has 0 aliphatic heterocycles. The molecule has 0 atom stereocenters. The summed E-state index contributed by atoms with van der Waals surface area (Å²) in [4.78, 5) is 23.9. The van der Waals surface area contributed by atoms with Crippen LogP contribution in [0.4, 0.5) is 0 Å². The number of thiophene rings is 1. The summed E-state index contributed by atoms with van der Waals surface area (Å²) in [7, 11) is 0. The molecule has 7 heteroatoms. The zero-order valence-electron chi connectivity index (χ0n) is 11.9. The van der Waals surface area contributed by atoms with E-state index in [0.29, 0.717) is 4.88 Å². The number of benzene rings is 1. The van der Waals surface area contributed by atoms with Crippen molar-refractivity contribution in [3.05, 3.63) is 50.6 Å². The van der Waals surface area contributed by atoms with Crippen LogP contribution in [-0.2, 0) is 4.79 Å². The molecule has 0 saturated carbocycles. The maximum Gasteiger partial charge on any atom is 0.279 e. The first-order chi connectivity index (χ1) is 10.5. The Morgan fingerprint density at radius 2 is 2.05 bits per heavy atom. The highest BCUT2D eigenvalue weighted by Crippen LogP contribution is 2.21. The molecular formula is C15H15BrN2O3S. The van der Waals surface area contributed by atoms with E-state index in [1.54, 1.807) is 12.1 Å². The van der Waals surface area contributed by atoms with Crippen LogP contribution < -0.4 is 15.6 Å². The molecule has 1 aromatic carbocycles. The van der Waals surface area contributed by atoms with Crippen LogP contribution in [0.1, 0.15) is 21.7 Å². The fourth-order valence-electron chi connectivity index (χ4n) is 1.65. The molecule has 1 aromatic heterocycles. The van der Waals surface area contributed by atoms with Gasteiger partial charge in [0.2, 0.25) is 5.91 Å². The third kappa shape index (κ3) is 5.16. The third-order valence-corrected chi connectivity index (χ3v) is 4.32. The first-order valence-electron chi connectivity index (χ1n) is 6.58. The molecule has 5 nitrogen and oxygen atoms in total. The zero-order chi connectivity index (χ0) is 15.9. The van der Waals surface area contributed by atoms with Crippen LogP contribution in [0.2, 0.25) is 0 Å². The lowest BCUT2D eigenvalue weighted by molar-refractivity contribution is -0.122. The van der Waals surface area contributed by atoms with E-state index >= 15 is 0 Å². The van der Waals surface area contributed by atoms with Gasteiger partial charge in [0.25, 0.3) is 5.91 Å². The number of ether oxygens (including phenoxy) is 1. The Labute approximate surface area is 140 Å². The summed E-state index contributed by atoms with van der Waals surface area (Å²) in [6, 6.07) is 11.0. The van der Waals surface area contributed by atoms with E-state index < -0.39 is 0 Å². The van der Waals surface area contributed by atoms with Gasteiger partial charge in [0.05, 0.1) is 21.7 Å². The fraction of sp³-hybridized carbons (Fsp3) is 0.200. The highest BCUT2D eigenvalue weighted by molar-refractivity contribution is 9.11. The molecule has 2 aromatic rings. The number of halogens is 1. The van der Waals surface area contributed by atoms with Crippen LogP contribution in [0.5, 0.6) is 5.75 Å². The minimum absolute atomic E-state index is 0.155. The topological polar surface area (TPSA) is 67.4 Å². The SMILES string of the molecule is Cc1cccc(OCCC(=O)NNC(=O)c2ccc(Br)s2)c1. The van der Waals surface area contributed by atoms with Crippen LogP contribution in [-0.4, -0.2) is 18.4 Å². The normalized spacial score (nSPS) is 10.1. The first kappa shape index (κ1) is 16.5. The summed E-state index contributed by atoms with van der Waals surface area (Å²) in [6.07, 6.45) is 0.155. The van der Waals surface area contributed by atoms with Crippen molar-refractivity contribution in [2.24, 2.45) is 0 Å². The predicted octanol–water partition coefficient (Wildman–Crippen LogP) is 3.05. The van der Waals surface area contributed by atoms with E-state index in [9.17, 15) is 9.59 Å². The van der Waals surface area contributed by atoms with Crippen LogP contribution in [0.25, 0.3) is 0 Å². The molecular weight excluding hydrogens is 368 g/mol. The Morgan fingerprint density at radius 3 is 2.73 bits per heavy atom. The summed E-state index contributed by atoms with van der Waals surface area (Å²) < 4.78 is 6.33. The molecule has 1 heterocycles. The second-order valence-corrected chi connectivity index (χ2v) is 6.98. The van der Waals surface area contributed by atoms with E-state index in [1.165, 1.54) is 11.3 Å². The molecule has 0 saturated heterocycles. The number of nitrogens with one attached hydrogen (secondary N) is 2. The van der Waals surface area contributed by atoms with Gasteiger partial charge in [0, 0.05) is 0 Å². The van der Waals surface area contributed by atoms with Crippen molar-refractivity contribution < 1.29 is 14.3 Å². The molecule has 0 fully saturated rings. The third-order valence-electron chi connectivity index (χ3n) is 2.70. The number of amides is 2. The van der Waals surface area contributed by atoms with Crippen LogP contribution >= 0.6 is 27.3 Å². The second kappa shape index (κ2) is 7.95. The highest BCUT2D eigenvalue weighted by Gasteiger charge is 2.09. The molecule has 0 bridgehead atoms. The average molecular weight is 383 g/mol. The standard InChI is InChI=1S/C15H15BrN2O3S/c1-10-3-2-4-11(9-10)21-8-7-14(19)17-18-15(20)12-5-6-13(16)22-12/h2-6,9H,7-8H2,1H3,(H,17,19)(H,18,20). The van der Waals surface area contributed by atoms with Crippen LogP contribution in [0.3, 0.4) is 0 Å². The van der Waals surface area contributed by atoms with E-state index in [2.05, 4.69) is 26.8 Å². The van der Waals surface area contributed by atoms with Crippen molar-refractivity contribution in [2.75, 3.05) is 6.61 Å². The van der Waals surface area contributed by atoms with Gasteiger partial charge in [-0.25, -0.2) is 0 Å². The molecule has 116 valence electrons. The molecule has 2 rings (SSSR count). The van der Waals surface area contributed by atoms with Gasteiger partial charge in [-0.05, 0) is 52.7 Å². The molecule has 22 heavy (non-hydrogen) atoms. The summed E-state index contributed by atoms with van der Waals surface area (Å²) in [5, 5.41) is 0. The van der Waals surface area contributed by atoms with Gasteiger partial charge in [-0.15, -0.1) is 11.3 Å². The van der Waals surface area contributed by atoms with E-state index in [1.807, 2.05) is 31.2 Å². The number of carbonyl (C=O) groups is 2. The Bertz CT molecular complexity index is 672. The van der Waals surface area contributed by atoms with E-state index in [4.69, 9.17) is 4.74 Å². The Hall–Kier alpha value is -1.86. The number of hydrogen-bond donors (Lipinski definition) is 2. The molecule has 0 unspecified atom stereocenters. The zero-order valence-corrected chi connectivity index (χ0v) is 14.3. The molecule has 0 aliphatic carbocycles. The summed E-state index contributed by atoms with van der Waals surface area (Å²) in [5.74, 6) is 0.0700. The van der Waals surface area contributed by atoms with Gasteiger partial charge in [-0.2, -0.15) is 0 Å². The smallest absolute Gasteiger partial charge is 0.279 e. The van der Waals surface area contributed by atoms with Crippen molar-refractivity contribution in [1.82, 2.24) is 10.9 Å². The lowest BCUT2D eigenvalue weighted by Crippen LogP contribution is -2.41. The lowest BCUT2D eigenvalue weighted by atomic mass is 10.2. The number of rotatable bonds is 5. The van der Waals surface area contributed by atoms with Gasteiger partial charge in [-0.3, -0.25) is 20.4 Å². The predicted molar refractivity (Wildman–Crippen MR) is 88.9 cm³/mol. The Morgan fingerprint density at radius 1 is 1.23 bits per heavy atom. The maximum absolute atomic E-state index is 11.7. The Balaban J connectivity index is 1.69. The number of carbonyl (C=O) groups excluding carboxylic acids is 2. The summed E-state index contributed by atoms with van der Waals surface area (Å²) in [6.45, 7) is 2.22. The van der Waals surface area contributed by atoms with Crippen molar-refractivity contribution in [2.45, 2.75) is 13.3 Å². The van der Waals surface area contributed by atoms with Gasteiger partial charge >= 0.3 is 0 Å². The van der Waals surface area contributed by atoms with E-state index in [-0.39, 0.29) is 24.8 Å². The van der Waals surface area contributed by atoms with Gasteiger partial charge in [-0.1, -0.05) is 12.1 Å². The maximum atomic E-state index is 11.7. The van der Waals surface area contributed by atoms with Crippen molar-refractivity contribution in [3.8, 4) is 5.75 Å². The second-order valence-electron chi connectivity index (χ2n) is 4.52. The average Bonchev–Trinajstić information content (AvgIpc) is 2.91. The Kier molecular flexibility index (Phi) is 5.97. The van der Waals surface area contributed by atoms with Gasteiger partial charge in [0.1, 0.15) is 5.75 Å². The summed E-state index contributed by atoms with van der Waals surface area (Å²) in [5.41, 5.74) is 5.82. The first-order valence-corrected chi connectivity index (χ1v) is 8.19. The van der Waals surface area contributed by atoms with Gasteiger partial charge < -0.3 is 4.74 Å². The number of aryl methyl sites for hydroxylation is 1. The van der Waals surface area contributed by atoms with Gasteiger partial charge in [0.15, 0.2) is 0 Å². The van der Waals surface area contributed by atoms with E-state index in [0.717, 1.165) is 15.1 Å². The number of hydrazine groups is 1. The summed E-state index contributed by atoms with van der Waals surface area (Å²) >= 11 is 4.57. The molecule has 2 N–H and O–H groups in total. The molecule has 0 radical (unpaired) electrons. The minimum Gasteiger partial charge on any atom is -0.493 e. The van der Waals surface area contributed by atoms with Crippen LogP contribution in [0, 0.1) is 6.92 Å². The number of hydrogen-bond acceptors (Lipinski definition) is 4. The minimum atomic E-state index is -0.344. The molecule has 0 aliphatic rings. The monoisotopic (exact) mass is 382 g/mol. The van der Waals surface area contributed by atoms with Crippen molar-refractivity contribution >= 4 is 39.1 Å². The molecule has 0 spiro atoms. The van der Waals surface area contributed by atoms with Crippen molar-refractivity contribution in [1.29, 1.82) is 0 Å². The molecule has 2 amide bonds. The highest BCUT2D eigenvalue weighted by atomic mass is 79.9. The van der Waals surface area contributed by atoms with Crippen LogP contribution in [0.15, 0.2) is 40.2 Å². The quantitative estimate of drug-likeness (QED) is 0.780. The van der Waals surface area contributed by atoms with Crippen molar-refractivity contribution in [3.63, 3.8) is 0 Å². The largest absolute Gasteiger partial charge is 0.493 e.